The number of ether oxygens (including phenoxy) is 1. The minimum atomic E-state index is -0.718. The highest BCUT2D eigenvalue weighted by molar-refractivity contribution is 5.96. The number of rotatable bonds is 7. The lowest BCUT2D eigenvalue weighted by Crippen LogP contribution is -2.39. The van der Waals surface area contributed by atoms with E-state index < -0.39 is 12.0 Å². The summed E-state index contributed by atoms with van der Waals surface area (Å²) in [4.78, 5) is 36.7. The van der Waals surface area contributed by atoms with Gasteiger partial charge in [0, 0.05) is 37.6 Å². The Labute approximate surface area is 154 Å². The van der Waals surface area contributed by atoms with Crippen molar-refractivity contribution in [1.82, 2.24) is 10.2 Å². The van der Waals surface area contributed by atoms with Crippen molar-refractivity contribution in [2.24, 2.45) is 0 Å². The summed E-state index contributed by atoms with van der Waals surface area (Å²) in [5.74, 6) is 5.34. The number of nitrogens with zero attached hydrogens (tertiary/aromatic N) is 1. The van der Waals surface area contributed by atoms with E-state index in [2.05, 4.69) is 21.9 Å². The Kier molecular flexibility index (Phi) is 8.93. The Bertz CT molecular complexity index is 703. The Hall–Kier alpha value is -2.81. The molecule has 0 fully saturated rings. The molecule has 1 atom stereocenters. The molecular formula is C20H26N2O4. The zero-order chi connectivity index (χ0) is 19.5. The van der Waals surface area contributed by atoms with E-state index in [1.54, 1.807) is 37.1 Å². The van der Waals surface area contributed by atoms with E-state index in [-0.39, 0.29) is 11.8 Å². The zero-order valence-electron chi connectivity index (χ0n) is 15.8. The molecule has 0 spiro atoms. The van der Waals surface area contributed by atoms with Gasteiger partial charge in [0.05, 0.1) is 7.11 Å². The largest absolute Gasteiger partial charge is 0.467 e. The van der Waals surface area contributed by atoms with Crippen LogP contribution in [-0.2, 0) is 14.3 Å². The number of methoxy groups -OCH3 is 1. The van der Waals surface area contributed by atoms with E-state index in [1.165, 1.54) is 7.11 Å². The molecule has 0 aliphatic rings. The van der Waals surface area contributed by atoms with Gasteiger partial charge in [-0.15, -0.1) is 0 Å². The molecule has 26 heavy (non-hydrogen) atoms. The van der Waals surface area contributed by atoms with E-state index in [0.29, 0.717) is 24.9 Å². The smallest absolute Gasteiger partial charge is 0.328 e. The Morgan fingerprint density at radius 1 is 1.31 bits per heavy atom. The molecular weight excluding hydrogens is 332 g/mol. The van der Waals surface area contributed by atoms with Gasteiger partial charge in [-0.2, -0.15) is 0 Å². The second-order valence-corrected chi connectivity index (χ2v) is 5.87. The first-order valence-corrected chi connectivity index (χ1v) is 8.60. The number of hydrogen-bond donors (Lipinski definition) is 1. The van der Waals surface area contributed by atoms with Gasteiger partial charge in [0.25, 0.3) is 5.91 Å². The third-order valence-corrected chi connectivity index (χ3v) is 3.78. The molecule has 0 bridgehead atoms. The van der Waals surface area contributed by atoms with Gasteiger partial charge in [0.1, 0.15) is 6.04 Å². The fourth-order valence-corrected chi connectivity index (χ4v) is 2.22. The van der Waals surface area contributed by atoms with Crippen LogP contribution in [0.15, 0.2) is 24.3 Å². The summed E-state index contributed by atoms with van der Waals surface area (Å²) in [5, 5.41) is 2.58. The molecule has 0 aromatic heterocycles. The number of carbonyl (C=O) groups is 3. The summed E-state index contributed by atoms with van der Waals surface area (Å²) in [6, 6.07) is 6.19. The predicted octanol–water partition coefficient (Wildman–Crippen LogP) is 1.98. The van der Waals surface area contributed by atoms with E-state index >= 15 is 0 Å². The van der Waals surface area contributed by atoms with E-state index in [1.807, 2.05) is 13.0 Å². The van der Waals surface area contributed by atoms with E-state index in [4.69, 9.17) is 0 Å². The molecule has 0 heterocycles. The summed E-state index contributed by atoms with van der Waals surface area (Å²) in [6.45, 7) is 4.08. The lowest BCUT2D eigenvalue weighted by Gasteiger charge is -2.14. The van der Waals surface area contributed by atoms with Crippen molar-refractivity contribution in [2.75, 3.05) is 20.7 Å². The van der Waals surface area contributed by atoms with Gasteiger partial charge in [-0.25, -0.2) is 4.79 Å². The Morgan fingerprint density at radius 2 is 2.04 bits per heavy atom. The third-order valence-electron chi connectivity index (χ3n) is 3.78. The summed E-state index contributed by atoms with van der Waals surface area (Å²) >= 11 is 0. The standard InChI is InChI=1S/C20H26N2O4/c1-5-18(23)22(3)13-8-6-7-10-16-11-9-12-17(14-16)19(24)21-15(2)20(25)26-4/h9,11-12,14-15H,5-6,8,13H2,1-4H3,(H,21,24)/t15-/m1/s1. The SMILES string of the molecule is CCC(=O)N(C)CCCC#Cc1cccc(C(=O)N[C@H](C)C(=O)OC)c1. The molecule has 0 saturated heterocycles. The van der Waals surface area contributed by atoms with Crippen LogP contribution in [0.4, 0.5) is 0 Å². The van der Waals surface area contributed by atoms with Crippen molar-refractivity contribution in [3.05, 3.63) is 35.4 Å². The van der Waals surface area contributed by atoms with Gasteiger partial charge < -0.3 is 15.0 Å². The van der Waals surface area contributed by atoms with Crippen molar-refractivity contribution in [1.29, 1.82) is 0 Å². The van der Waals surface area contributed by atoms with E-state index in [9.17, 15) is 14.4 Å². The van der Waals surface area contributed by atoms with Crippen LogP contribution in [0.1, 0.15) is 49.0 Å². The van der Waals surface area contributed by atoms with Crippen LogP contribution < -0.4 is 5.32 Å². The summed E-state index contributed by atoms with van der Waals surface area (Å²) in [5.41, 5.74) is 1.15. The summed E-state index contributed by atoms with van der Waals surface area (Å²) < 4.78 is 4.59. The molecule has 0 aliphatic heterocycles. The number of esters is 1. The molecule has 0 saturated carbocycles. The van der Waals surface area contributed by atoms with Gasteiger partial charge in [-0.3, -0.25) is 9.59 Å². The van der Waals surface area contributed by atoms with Crippen molar-refractivity contribution in [3.8, 4) is 11.8 Å². The summed E-state index contributed by atoms with van der Waals surface area (Å²) in [7, 11) is 3.06. The molecule has 0 unspecified atom stereocenters. The van der Waals surface area contributed by atoms with Crippen LogP contribution in [0.25, 0.3) is 0 Å². The second kappa shape index (κ2) is 10.9. The third kappa shape index (κ3) is 6.98. The van der Waals surface area contributed by atoms with Gasteiger partial charge in [-0.1, -0.05) is 24.8 Å². The Morgan fingerprint density at radius 3 is 2.69 bits per heavy atom. The van der Waals surface area contributed by atoms with Crippen LogP contribution in [0.2, 0.25) is 0 Å². The molecule has 6 heteroatoms. The topological polar surface area (TPSA) is 75.7 Å². The number of benzene rings is 1. The van der Waals surface area contributed by atoms with Gasteiger partial charge in [-0.05, 0) is 31.5 Å². The zero-order valence-corrected chi connectivity index (χ0v) is 15.8. The van der Waals surface area contributed by atoms with Crippen molar-refractivity contribution < 1.29 is 19.1 Å². The molecule has 1 aromatic carbocycles. The first-order chi connectivity index (χ1) is 12.4. The maximum atomic E-state index is 12.2. The van der Waals surface area contributed by atoms with Gasteiger partial charge in [0.2, 0.25) is 5.91 Å². The minimum absolute atomic E-state index is 0.123. The quantitative estimate of drug-likeness (QED) is 0.459. The van der Waals surface area contributed by atoms with Crippen molar-refractivity contribution in [2.45, 2.75) is 39.2 Å². The number of unbranched alkanes of at least 4 members (excludes halogenated alkanes) is 1. The fraction of sp³-hybridized carbons (Fsp3) is 0.450. The average Bonchev–Trinajstić information content (AvgIpc) is 2.66. The molecule has 140 valence electrons. The van der Waals surface area contributed by atoms with Crippen molar-refractivity contribution in [3.63, 3.8) is 0 Å². The molecule has 0 aliphatic carbocycles. The number of hydrogen-bond acceptors (Lipinski definition) is 4. The fourth-order valence-electron chi connectivity index (χ4n) is 2.22. The molecule has 0 radical (unpaired) electrons. The minimum Gasteiger partial charge on any atom is -0.467 e. The molecule has 2 amide bonds. The maximum absolute atomic E-state index is 12.2. The monoisotopic (exact) mass is 358 g/mol. The molecule has 1 N–H and O–H groups in total. The highest BCUT2D eigenvalue weighted by Crippen LogP contribution is 2.05. The summed E-state index contributed by atoms with van der Waals surface area (Å²) in [6.07, 6.45) is 1.97. The second-order valence-electron chi connectivity index (χ2n) is 5.87. The number of carbonyl (C=O) groups excluding carboxylic acids is 3. The Balaban J connectivity index is 2.58. The van der Waals surface area contributed by atoms with Crippen LogP contribution in [-0.4, -0.2) is 49.4 Å². The van der Waals surface area contributed by atoms with Crippen LogP contribution >= 0.6 is 0 Å². The first-order valence-electron chi connectivity index (χ1n) is 8.60. The molecule has 1 rings (SSSR count). The molecule has 6 nitrogen and oxygen atoms in total. The van der Waals surface area contributed by atoms with Gasteiger partial charge in [0.15, 0.2) is 0 Å². The number of amides is 2. The van der Waals surface area contributed by atoms with Crippen LogP contribution in [0, 0.1) is 11.8 Å². The highest BCUT2D eigenvalue weighted by atomic mass is 16.5. The average molecular weight is 358 g/mol. The van der Waals surface area contributed by atoms with E-state index in [0.717, 1.165) is 12.0 Å². The maximum Gasteiger partial charge on any atom is 0.328 e. The van der Waals surface area contributed by atoms with Crippen LogP contribution in [0.5, 0.6) is 0 Å². The lowest BCUT2D eigenvalue weighted by molar-refractivity contribution is -0.142. The number of nitrogens with one attached hydrogen (secondary N) is 1. The first kappa shape index (κ1) is 21.2. The van der Waals surface area contributed by atoms with Crippen LogP contribution in [0.3, 0.4) is 0 Å². The van der Waals surface area contributed by atoms with Gasteiger partial charge >= 0.3 is 5.97 Å². The highest BCUT2D eigenvalue weighted by Gasteiger charge is 2.16. The lowest BCUT2D eigenvalue weighted by atomic mass is 10.1. The molecule has 1 aromatic rings. The van der Waals surface area contributed by atoms with Crippen molar-refractivity contribution >= 4 is 17.8 Å². The normalized spacial score (nSPS) is 10.9. The predicted molar refractivity (Wildman–Crippen MR) is 99.4 cm³/mol.